The molecule has 19 heavy (non-hydrogen) atoms. The standard InChI is InChI=1S/C14H16N2O3/c1-8-13(9(2)19-16-8)12-6-5-11(18-12)7-15-14(17)10-3-4-10/h5-6,10H,3-4,7H2,1-2H3,(H,15,17). The van der Waals surface area contributed by atoms with Gasteiger partial charge in [-0.15, -0.1) is 0 Å². The Morgan fingerprint density at radius 3 is 2.84 bits per heavy atom. The molecule has 1 N–H and O–H groups in total. The molecule has 1 fully saturated rings. The molecule has 100 valence electrons. The van der Waals surface area contributed by atoms with Crippen LogP contribution in [0.25, 0.3) is 11.3 Å². The van der Waals surface area contributed by atoms with Crippen molar-refractivity contribution in [3.05, 3.63) is 29.3 Å². The molecule has 2 aromatic rings. The van der Waals surface area contributed by atoms with Crippen LogP contribution in [0, 0.1) is 19.8 Å². The molecule has 1 amide bonds. The van der Waals surface area contributed by atoms with Gasteiger partial charge in [0, 0.05) is 5.92 Å². The second-order valence-corrected chi connectivity index (χ2v) is 4.96. The molecule has 1 aliphatic carbocycles. The molecule has 1 aliphatic rings. The van der Waals surface area contributed by atoms with E-state index >= 15 is 0 Å². The second kappa shape index (κ2) is 4.57. The van der Waals surface area contributed by atoms with Gasteiger partial charge in [0.25, 0.3) is 0 Å². The third-order valence-electron chi connectivity index (χ3n) is 3.33. The first kappa shape index (κ1) is 12.0. The predicted molar refractivity (Wildman–Crippen MR) is 68.2 cm³/mol. The lowest BCUT2D eigenvalue weighted by Crippen LogP contribution is -2.23. The van der Waals surface area contributed by atoms with Gasteiger partial charge in [-0.3, -0.25) is 4.79 Å². The Hall–Kier alpha value is -2.04. The quantitative estimate of drug-likeness (QED) is 0.917. The van der Waals surface area contributed by atoms with Crippen molar-refractivity contribution < 1.29 is 13.7 Å². The number of hydrogen-bond donors (Lipinski definition) is 1. The van der Waals surface area contributed by atoms with E-state index < -0.39 is 0 Å². The molecule has 2 heterocycles. The number of hydrogen-bond acceptors (Lipinski definition) is 4. The summed E-state index contributed by atoms with van der Waals surface area (Å²) < 4.78 is 10.8. The highest BCUT2D eigenvalue weighted by Gasteiger charge is 2.29. The first-order chi connectivity index (χ1) is 9.15. The molecule has 0 spiro atoms. The average molecular weight is 260 g/mol. The summed E-state index contributed by atoms with van der Waals surface area (Å²) in [5.74, 6) is 2.55. The summed E-state index contributed by atoms with van der Waals surface area (Å²) in [6.45, 7) is 4.16. The summed E-state index contributed by atoms with van der Waals surface area (Å²) in [6, 6.07) is 3.75. The van der Waals surface area contributed by atoms with Crippen LogP contribution in [-0.4, -0.2) is 11.1 Å². The van der Waals surface area contributed by atoms with Crippen LogP contribution in [0.2, 0.25) is 0 Å². The van der Waals surface area contributed by atoms with Crippen LogP contribution in [0.1, 0.15) is 30.1 Å². The van der Waals surface area contributed by atoms with Crippen LogP contribution in [0.5, 0.6) is 0 Å². The number of aromatic nitrogens is 1. The number of nitrogens with one attached hydrogen (secondary N) is 1. The monoisotopic (exact) mass is 260 g/mol. The van der Waals surface area contributed by atoms with Gasteiger partial charge in [-0.1, -0.05) is 5.16 Å². The molecule has 0 aliphatic heterocycles. The summed E-state index contributed by atoms with van der Waals surface area (Å²) in [6.07, 6.45) is 2.02. The molecule has 0 unspecified atom stereocenters. The van der Waals surface area contributed by atoms with Crippen molar-refractivity contribution in [3.8, 4) is 11.3 Å². The first-order valence-electron chi connectivity index (χ1n) is 6.45. The van der Waals surface area contributed by atoms with Crippen molar-refractivity contribution in [2.75, 3.05) is 0 Å². The van der Waals surface area contributed by atoms with Crippen molar-refractivity contribution in [2.45, 2.75) is 33.2 Å². The maximum absolute atomic E-state index is 11.5. The zero-order chi connectivity index (χ0) is 13.4. The molecular weight excluding hydrogens is 244 g/mol. The highest BCUT2D eigenvalue weighted by Crippen LogP contribution is 2.30. The highest BCUT2D eigenvalue weighted by atomic mass is 16.5. The van der Waals surface area contributed by atoms with Gasteiger partial charge in [-0.2, -0.15) is 0 Å². The van der Waals surface area contributed by atoms with Gasteiger partial charge < -0.3 is 14.3 Å². The summed E-state index contributed by atoms with van der Waals surface area (Å²) in [7, 11) is 0. The van der Waals surface area contributed by atoms with Gasteiger partial charge in [0.05, 0.1) is 17.8 Å². The minimum atomic E-state index is 0.121. The van der Waals surface area contributed by atoms with Crippen molar-refractivity contribution in [1.82, 2.24) is 10.5 Å². The maximum atomic E-state index is 11.5. The van der Waals surface area contributed by atoms with Gasteiger partial charge in [0.2, 0.25) is 5.91 Å². The molecule has 0 saturated heterocycles. The molecule has 3 rings (SSSR count). The van der Waals surface area contributed by atoms with E-state index in [4.69, 9.17) is 8.94 Å². The molecule has 0 radical (unpaired) electrons. The number of furan rings is 1. The van der Waals surface area contributed by atoms with Crippen LogP contribution >= 0.6 is 0 Å². The van der Waals surface area contributed by atoms with Crippen molar-refractivity contribution in [2.24, 2.45) is 5.92 Å². The predicted octanol–water partition coefficient (Wildman–Crippen LogP) is 2.58. The lowest BCUT2D eigenvalue weighted by atomic mass is 10.1. The smallest absolute Gasteiger partial charge is 0.223 e. The van der Waals surface area contributed by atoms with Crippen molar-refractivity contribution in [1.29, 1.82) is 0 Å². The van der Waals surface area contributed by atoms with Gasteiger partial charge in [-0.05, 0) is 38.8 Å². The third-order valence-corrected chi connectivity index (χ3v) is 3.33. The van der Waals surface area contributed by atoms with Gasteiger partial charge in [0.1, 0.15) is 17.3 Å². The molecule has 5 heteroatoms. The Morgan fingerprint density at radius 2 is 2.21 bits per heavy atom. The van der Waals surface area contributed by atoms with Gasteiger partial charge in [-0.25, -0.2) is 0 Å². The molecule has 0 bridgehead atoms. The largest absolute Gasteiger partial charge is 0.459 e. The maximum Gasteiger partial charge on any atom is 0.223 e. The Balaban J connectivity index is 1.70. The number of carbonyl (C=O) groups excluding carboxylic acids is 1. The minimum absolute atomic E-state index is 0.121. The lowest BCUT2D eigenvalue weighted by Gasteiger charge is -2.01. The summed E-state index contributed by atoms with van der Waals surface area (Å²) in [4.78, 5) is 11.5. The SMILES string of the molecule is Cc1noc(C)c1-c1ccc(CNC(=O)C2CC2)o1. The van der Waals surface area contributed by atoms with E-state index in [1.807, 2.05) is 26.0 Å². The van der Waals surface area contributed by atoms with Crippen LogP contribution in [0.3, 0.4) is 0 Å². The number of nitrogens with zero attached hydrogens (tertiary/aromatic N) is 1. The molecule has 5 nitrogen and oxygen atoms in total. The van der Waals surface area contributed by atoms with Crippen LogP contribution < -0.4 is 5.32 Å². The second-order valence-electron chi connectivity index (χ2n) is 4.96. The third kappa shape index (κ3) is 2.41. The van der Waals surface area contributed by atoms with E-state index in [1.165, 1.54) is 0 Å². The Bertz CT molecular complexity index is 588. The highest BCUT2D eigenvalue weighted by molar-refractivity contribution is 5.80. The lowest BCUT2D eigenvalue weighted by molar-refractivity contribution is -0.122. The number of rotatable bonds is 4. The zero-order valence-corrected chi connectivity index (χ0v) is 11.0. The topological polar surface area (TPSA) is 68.3 Å². The van der Waals surface area contributed by atoms with E-state index in [0.29, 0.717) is 6.54 Å². The van der Waals surface area contributed by atoms with Crippen molar-refractivity contribution in [3.63, 3.8) is 0 Å². The van der Waals surface area contributed by atoms with E-state index in [-0.39, 0.29) is 11.8 Å². The summed E-state index contributed by atoms with van der Waals surface area (Å²) in [5, 5.41) is 6.78. The Labute approximate surface area is 111 Å². The summed E-state index contributed by atoms with van der Waals surface area (Å²) in [5.41, 5.74) is 1.69. The Kier molecular flexibility index (Phi) is 2.89. The number of carbonyl (C=O) groups is 1. The van der Waals surface area contributed by atoms with Gasteiger partial charge >= 0.3 is 0 Å². The number of amides is 1. The Morgan fingerprint density at radius 1 is 1.42 bits per heavy atom. The van der Waals surface area contributed by atoms with E-state index in [9.17, 15) is 4.79 Å². The summed E-state index contributed by atoms with van der Waals surface area (Å²) >= 11 is 0. The fourth-order valence-electron chi connectivity index (χ4n) is 2.11. The van der Waals surface area contributed by atoms with Crippen LogP contribution in [0.4, 0.5) is 0 Å². The zero-order valence-electron chi connectivity index (χ0n) is 11.0. The van der Waals surface area contributed by atoms with Crippen LogP contribution in [-0.2, 0) is 11.3 Å². The molecule has 1 saturated carbocycles. The number of aryl methyl sites for hydroxylation is 2. The fourth-order valence-corrected chi connectivity index (χ4v) is 2.11. The van der Waals surface area contributed by atoms with Gasteiger partial charge in [0.15, 0.2) is 0 Å². The average Bonchev–Trinajstić information content (AvgIpc) is 3.06. The van der Waals surface area contributed by atoms with Crippen LogP contribution in [0.15, 0.2) is 21.1 Å². The molecule has 0 aromatic carbocycles. The normalized spacial score (nSPS) is 14.6. The fraction of sp³-hybridized carbons (Fsp3) is 0.429. The first-order valence-corrected chi connectivity index (χ1v) is 6.45. The molecular formula is C14H16N2O3. The van der Waals surface area contributed by atoms with E-state index in [2.05, 4.69) is 10.5 Å². The minimum Gasteiger partial charge on any atom is -0.459 e. The van der Waals surface area contributed by atoms with Crippen molar-refractivity contribution >= 4 is 5.91 Å². The van der Waals surface area contributed by atoms with E-state index in [0.717, 1.165) is 41.4 Å². The molecule has 0 atom stereocenters. The molecule has 2 aromatic heterocycles. The van der Waals surface area contributed by atoms with E-state index in [1.54, 1.807) is 0 Å².